The van der Waals surface area contributed by atoms with Crippen LogP contribution in [0.2, 0.25) is 0 Å². The lowest BCUT2D eigenvalue weighted by molar-refractivity contribution is -0.375. The van der Waals surface area contributed by atoms with Crippen molar-refractivity contribution in [3.8, 4) is 0 Å². The fraction of sp³-hybridized carbons (Fsp3) is 0.474. The highest BCUT2D eigenvalue weighted by atomic mass is 31.1. The van der Waals surface area contributed by atoms with Crippen LogP contribution in [0.25, 0.3) is 22.3 Å². The molecule has 20 heteroatoms. The van der Waals surface area contributed by atoms with E-state index in [1.54, 1.807) is 0 Å². The molecular weight excluding hydrogens is 561 g/mol. The fourth-order valence-corrected chi connectivity index (χ4v) is 6.91. The average molecular weight is 582 g/mol. The Morgan fingerprint density at radius 2 is 2.00 bits per heavy atom. The molecule has 4 aromatic heterocycles. The van der Waals surface area contributed by atoms with Gasteiger partial charge in [0.1, 0.15) is 24.3 Å². The number of nitrogens with one attached hydrogen (secondary N) is 1. The van der Waals surface area contributed by atoms with Crippen LogP contribution in [0.5, 0.6) is 0 Å². The van der Waals surface area contributed by atoms with Gasteiger partial charge in [-0.1, -0.05) is 0 Å². The third-order valence-corrected chi connectivity index (χ3v) is 8.74. The van der Waals surface area contributed by atoms with Gasteiger partial charge in [-0.2, -0.15) is 9.37 Å². The highest BCUT2D eigenvalue weighted by Gasteiger charge is 2.59. The summed E-state index contributed by atoms with van der Waals surface area (Å²) >= 11 is 0. The quantitative estimate of drug-likeness (QED) is 0.272. The lowest BCUT2D eigenvalue weighted by Crippen LogP contribution is -2.60. The number of nitrogen functional groups attached to an aromatic ring is 2. The van der Waals surface area contributed by atoms with Crippen LogP contribution < -0.4 is 17.0 Å². The Balaban J connectivity index is 1.15. The Labute approximate surface area is 219 Å². The van der Waals surface area contributed by atoms with E-state index >= 15 is 4.39 Å². The number of hydrogen-bond donors (Lipinski definition) is 3. The van der Waals surface area contributed by atoms with E-state index in [9.17, 15) is 9.36 Å². The monoisotopic (exact) mass is 582 g/mol. The van der Waals surface area contributed by atoms with Gasteiger partial charge in [0.2, 0.25) is 5.95 Å². The van der Waals surface area contributed by atoms with Crippen molar-refractivity contribution in [3.63, 3.8) is 0 Å². The van der Waals surface area contributed by atoms with Crippen LogP contribution in [0.1, 0.15) is 12.6 Å². The molecule has 0 amide bonds. The van der Waals surface area contributed by atoms with Gasteiger partial charge in [0, 0.05) is 21.4 Å². The first-order valence-electron chi connectivity index (χ1n) is 11.7. The Morgan fingerprint density at radius 1 is 1.15 bits per heavy atom. The highest BCUT2D eigenvalue weighted by molar-refractivity contribution is 7.33. The number of ether oxygens (including phenoxy) is 2. The minimum atomic E-state index is -3.08. The van der Waals surface area contributed by atoms with Crippen molar-refractivity contribution >= 4 is 51.2 Å². The van der Waals surface area contributed by atoms with Crippen molar-refractivity contribution in [2.75, 3.05) is 24.2 Å². The van der Waals surface area contributed by atoms with Gasteiger partial charge in [0.15, 0.2) is 35.1 Å². The van der Waals surface area contributed by atoms with Crippen molar-refractivity contribution in [3.05, 3.63) is 29.3 Å². The maximum absolute atomic E-state index is 16.2. The number of imidazole rings is 2. The second-order valence-corrected chi connectivity index (χ2v) is 11.0. The second kappa shape index (κ2) is 9.23. The number of nitrogens with two attached hydrogens (primary N) is 2. The van der Waals surface area contributed by atoms with E-state index in [4.69, 9.17) is 34.5 Å². The zero-order valence-electron chi connectivity index (χ0n) is 19.8. The molecule has 0 aromatic carbocycles. The number of hydrogen-bond acceptors (Lipinski definition) is 14. The number of nitrogens with zero attached hydrogens (tertiary/aromatic N) is 7. The summed E-state index contributed by atoms with van der Waals surface area (Å²) in [6.45, 7) is -0.189. The number of alkyl halides is 1. The summed E-state index contributed by atoms with van der Waals surface area (Å²) < 4.78 is 60.4. The van der Waals surface area contributed by atoms with Crippen LogP contribution >= 0.6 is 17.1 Å². The topological polar surface area (TPSA) is 222 Å². The summed E-state index contributed by atoms with van der Waals surface area (Å²) in [6.07, 6.45) is 0.999. The molecular formula is C19H21FN10O7P2. The molecule has 3 fully saturated rings. The van der Waals surface area contributed by atoms with Crippen molar-refractivity contribution in [1.82, 2.24) is 39.0 Å². The number of halogens is 1. The summed E-state index contributed by atoms with van der Waals surface area (Å²) in [4.78, 5) is 34.9. The average Bonchev–Trinajstić information content (AvgIpc) is 3.61. The zero-order chi connectivity index (χ0) is 26.9. The summed E-state index contributed by atoms with van der Waals surface area (Å²) in [5.41, 5.74) is 11.6. The van der Waals surface area contributed by atoms with E-state index in [1.165, 1.54) is 23.5 Å². The smallest absolute Gasteiger partial charge is 0.319 e. The van der Waals surface area contributed by atoms with Gasteiger partial charge in [-0.25, -0.2) is 19.9 Å². The van der Waals surface area contributed by atoms with E-state index in [-0.39, 0.29) is 62.1 Å². The molecule has 4 aromatic rings. The number of rotatable bonds is 2. The molecule has 0 saturated carbocycles. The van der Waals surface area contributed by atoms with Gasteiger partial charge < -0.3 is 34.5 Å². The molecule has 7 rings (SSSR count). The van der Waals surface area contributed by atoms with E-state index in [2.05, 4.69) is 29.9 Å². The molecule has 17 nitrogen and oxygen atoms in total. The zero-order valence-corrected chi connectivity index (χ0v) is 21.8. The first-order valence-corrected chi connectivity index (χ1v) is 14.1. The van der Waals surface area contributed by atoms with E-state index < -0.39 is 50.4 Å². The molecule has 3 aliphatic rings. The Kier molecular flexibility index (Phi) is 5.89. The van der Waals surface area contributed by atoms with Crippen molar-refractivity contribution in [2.24, 2.45) is 5.92 Å². The highest BCUT2D eigenvalue weighted by Crippen LogP contribution is 2.51. The molecule has 0 spiro atoms. The summed E-state index contributed by atoms with van der Waals surface area (Å²) in [5, 5.41) is 0. The molecule has 0 aliphatic carbocycles. The molecule has 2 bridgehead atoms. The Bertz CT molecular complexity index is 1670. The maximum atomic E-state index is 16.2. The normalized spacial score (nSPS) is 34.0. The third-order valence-electron chi connectivity index (χ3n) is 6.80. The predicted octanol–water partition coefficient (Wildman–Crippen LogP) is 0.379. The minimum Gasteiger partial charge on any atom is -0.382 e. The molecule has 206 valence electrons. The molecule has 7 heterocycles. The Morgan fingerprint density at radius 3 is 2.87 bits per heavy atom. The number of anilines is 2. The van der Waals surface area contributed by atoms with Crippen molar-refractivity contribution in [2.45, 2.75) is 37.1 Å². The van der Waals surface area contributed by atoms with Gasteiger partial charge in [0.25, 0.3) is 5.56 Å². The van der Waals surface area contributed by atoms with Gasteiger partial charge in [-0.3, -0.25) is 23.5 Å². The van der Waals surface area contributed by atoms with E-state index in [0.717, 1.165) is 4.57 Å². The first-order chi connectivity index (χ1) is 18.8. The standard InChI is InChI=1S/C19H21FN10O7P2/c20-19(30-6-26-11-13(21)23-4-24-14(11)30)7-3-38-36-10-1-8(37-39(32)33-2-9(7)35-19)17(34-10)29-5-25-12-15(29)27-18(22)28-16(12)31/h4-10,17,38-39H,1-3H2,(H2,21,23,24)(H3,22,27,28,31)/t7?,8-,9?,10+,17?,19?/m0/s1. The summed E-state index contributed by atoms with van der Waals surface area (Å²) in [7, 11) is -3.29. The lowest BCUT2D eigenvalue weighted by atomic mass is 9.94. The molecule has 0 radical (unpaired) electrons. The van der Waals surface area contributed by atoms with Crippen LogP contribution in [-0.4, -0.2) is 70.3 Å². The fourth-order valence-electron chi connectivity index (χ4n) is 4.96. The largest absolute Gasteiger partial charge is 0.382 e. The number of aromatic nitrogens is 8. The molecule has 6 unspecified atom stereocenters. The second-order valence-electron chi connectivity index (χ2n) is 9.07. The van der Waals surface area contributed by atoms with Crippen LogP contribution in [0.4, 0.5) is 16.2 Å². The van der Waals surface area contributed by atoms with E-state index in [0.29, 0.717) is 0 Å². The minimum absolute atomic E-state index is 0.0478. The Hall–Kier alpha value is -3.11. The van der Waals surface area contributed by atoms with Crippen LogP contribution in [-0.2, 0) is 33.6 Å². The van der Waals surface area contributed by atoms with Crippen molar-refractivity contribution in [1.29, 1.82) is 0 Å². The summed E-state index contributed by atoms with van der Waals surface area (Å²) in [6, 6.07) is 0. The lowest BCUT2D eigenvalue weighted by Gasteiger charge is -2.49. The van der Waals surface area contributed by atoms with Gasteiger partial charge in [-0.05, 0) is 0 Å². The van der Waals surface area contributed by atoms with Gasteiger partial charge in [-0.15, -0.1) is 0 Å². The van der Waals surface area contributed by atoms with Crippen LogP contribution in [0, 0.1) is 5.92 Å². The third kappa shape index (κ3) is 4.02. The van der Waals surface area contributed by atoms with E-state index in [1.807, 2.05) is 0 Å². The summed E-state index contributed by atoms with van der Waals surface area (Å²) in [5.74, 6) is -3.08. The predicted molar refractivity (Wildman–Crippen MR) is 132 cm³/mol. The number of aromatic amines is 1. The maximum Gasteiger partial charge on any atom is 0.319 e. The first kappa shape index (κ1) is 24.9. The SMILES string of the molecule is Nc1nc2c(ncn2C2O[C@H]3C[C@@H]2O[PH](=O)OCC2OC(F)(n4cnc5c(N)ncnc54)C2CPO3)c(=O)[nH]1. The molecule has 8 atom stereocenters. The van der Waals surface area contributed by atoms with Crippen LogP contribution in [0.15, 0.2) is 23.8 Å². The number of fused-ring (bicyclic) bond motifs is 5. The number of H-pyrrole nitrogens is 1. The molecule has 3 aliphatic heterocycles. The molecule has 5 N–H and O–H groups in total. The molecule has 39 heavy (non-hydrogen) atoms. The van der Waals surface area contributed by atoms with Crippen molar-refractivity contribution < 1.29 is 32.0 Å². The van der Waals surface area contributed by atoms with Gasteiger partial charge in [0.05, 0.1) is 25.0 Å². The van der Waals surface area contributed by atoms with Gasteiger partial charge >= 0.3 is 14.2 Å². The van der Waals surface area contributed by atoms with Crippen LogP contribution in [0.3, 0.4) is 0 Å². The molecule has 3 saturated heterocycles.